The second-order valence-corrected chi connectivity index (χ2v) is 8.99. The number of carboxylic acids is 1. The lowest BCUT2D eigenvalue weighted by atomic mass is 9.94. The van der Waals surface area contributed by atoms with Crippen LogP contribution >= 0.6 is 0 Å². The van der Waals surface area contributed by atoms with Crippen LogP contribution < -0.4 is 14.8 Å². The van der Waals surface area contributed by atoms with Crippen molar-refractivity contribution in [3.8, 4) is 11.5 Å². The fourth-order valence-electron chi connectivity index (χ4n) is 4.35. The van der Waals surface area contributed by atoms with Crippen molar-refractivity contribution in [2.75, 3.05) is 12.4 Å². The molecule has 0 aliphatic rings. The van der Waals surface area contributed by atoms with E-state index < -0.39 is 5.97 Å². The number of hydrogen-bond donors (Lipinski definition) is 2. The average molecular weight is 498 g/mol. The maximum Gasteiger partial charge on any atom is 0.303 e. The molecule has 0 aromatic heterocycles. The minimum atomic E-state index is -0.835. The Morgan fingerprint density at radius 2 is 1.68 bits per heavy atom. The zero-order valence-corrected chi connectivity index (χ0v) is 21.1. The molecule has 4 aromatic carbocycles. The van der Waals surface area contributed by atoms with E-state index in [1.54, 1.807) is 7.11 Å². The molecule has 1 atom stereocenters. The van der Waals surface area contributed by atoms with Crippen molar-refractivity contribution >= 4 is 28.3 Å². The van der Waals surface area contributed by atoms with Crippen LogP contribution in [0.15, 0.2) is 84.9 Å². The molecule has 1 unspecified atom stereocenters. The van der Waals surface area contributed by atoms with Gasteiger partial charge < -0.3 is 19.9 Å². The highest BCUT2D eigenvalue weighted by Gasteiger charge is 2.19. The van der Waals surface area contributed by atoms with E-state index in [0.717, 1.165) is 27.5 Å². The number of hydrogen-bond acceptors (Lipinski definition) is 4. The SMILES string of the molecule is COc1cccc(OCc2ccc(CCCC(=O)O)c(NC(=O)C(C)c3cccc4ccccc34)c2)c1. The van der Waals surface area contributed by atoms with Crippen molar-refractivity contribution in [3.05, 3.63) is 102 Å². The first-order valence-corrected chi connectivity index (χ1v) is 12.3. The topological polar surface area (TPSA) is 84.9 Å². The molecule has 0 bridgehead atoms. The number of anilines is 1. The quantitative estimate of drug-likeness (QED) is 0.245. The van der Waals surface area contributed by atoms with Crippen LogP contribution in [0.1, 0.15) is 42.4 Å². The number of amides is 1. The minimum absolute atomic E-state index is 0.0699. The number of rotatable bonds is 11. The Labute approximate surface area is 216 Å². The predicted octanol–water partition coefficient (Wildman–Crippen LogP) is 6.58. The molecule has 4 rings (SSSR count). The summed E-state index contributed by atoms with van der Waals surface area (Å²) >= 11 is 0. The maximum absolute atomic E-state index is 13.4. The smallest absolute Gasteiger partial charge is 0.303 e. The van der Waals surface area contributed by atoms with Crippen molar-refractivity contribution in [1.29, 1.82) is 0 Å². The molecule has 0 spiro atoms. The summed E-state index contributed by atoms with van der Waals surface area (Å²) in [5, 5.41) is 14.3. The Bertz CT molecular complexity index is 1390. The molecule has 0 radical (unpaired) electrons. The molecule has 0 fully saturated rings. The van der Waals surface area contributed by atoms with Crippen LogP contribution in [0.25, 0.3) is 10.8 Å². The Morgan fingerprint density at radius 1 is 0.919 bits per heavy atom. The van der Waals surface area contributed by atoms with Crippen LogP contribution in [0, 0.1) is 0 Å². The van der Waals surface area contributed by atoms with Crippen molar-refractivity contribution in [3.63, 3.8) is 0 Å². The zero-order valence-electron chi connectivity index (χ0n) is 21.1. The van der Waals surface area contributed by atoms with Gasteiger partial charge in [0.2, 0.25) is 5.91 Å². The first-order chi connectivity index (χ1) is 17.9. The highest BCUT2D eigenvalue weighted by molar-refractivity contribution is 5.99. The minimum Gasteiger partial charge on any atom is -0.497 e. The Kier molecular flexibility index (Phi) is 8.41. The average Bonchev–Trinajstić information content (AvgIpc) is 2.92. The lowest BCUT2D eigenvalue weighted by molar-refractivity contribution is -0.137. The number of carbonyl (C=O) groups is 2. The molecular formula is C31H31NO5. The standard InChI is InChI=1S/C31H31NO5/c1-21(27-14-5-9-23-8-3-4-13-28(23)27)31(35)32-29-18-22(16-17-24(29)10-6-15-30(33)34)20-37-26-12-7-11-25(19-26)36-2/h3-5,7-9,11-14,16-19,21H,6,10,15,20H2,1-2H3,(H,32,35)(H,33,34). The van der Waals surface area contributed by atoms with E-state index in [0.29, 0.717) is 36.6 Å². The number of methoxy groups -OCH3 is 1. The van der Waals surface area contributed by atoms with Gasteiger partial charge in [-0.1, -0.05) is 60.7 Å². The molecule has 0 heterocycles. The molecule has 0 saturated heterocycles. The molecule has 6 heteroatoms. The number of aryl methyl sites for hydroxylation is 1. The fourth-order valence-corrected chi connectivity index (χ4v) is 4.35. The third-order valence-electron chi connectivity index (χ3n) is 6.40. The van der Waals surface area contributed by atoms with E-state index in [1.165, 1.54) is 0 Å². The van der Waals surface area contributed by atoms with Gasteiger partial charge in [-0.2, -0.15) is 0 Å². The van der Waals surface area contributed by atoms with Gasteiger partial charge in [0.05, 0.1) is 13.0 Å². The molecule has 6 nitrogen and oxygen atoms in total. The van der Waals surface area contributed by atoms with E-state index in [4.69, 9.17) is 14.6 Å². The Morgan fingerprint density at radius 3 is 2.49 bits per heavy atom. The summed E-state index contributed by atoms with van der Waals surface area (Å²) in [6.07, 6.45) is 1.10. The van der Waals surface area contributed by atoms with Crippen LogP contribution in [0.3, 0.4) is 0 Å². The number of ether oxygens (including phenoxy) is 2. The summed E-state index contributed by atoms with van der Waals surface area (Å²) in [6, 6.07) is 27.2. The number of fused-ring (bicyclic) bond motifs is 1. The van der Waals surface area contributed by atoms with Gasteiger partial charge in [-0.15, -0.1) is 0 Å². The molecule has 190 valence electrons. The molecule has 0 saturated carbocycles. The van der Waals surface area contributed by atoms with Crippen molar-refractivity contribution in [1.82, 2.24) is 0 Å². The third kappa shape index (κ3) is 6.67. The number of carboxylic acid groups (broad SMARTS) is 1. The van der Waals surface area contributed by atoms with E-state index in [2.05, 4.69) is 5.32 Å². The number of aliphatic carboxylic acids is 1. The molecule has 4 aromatic rings. The first kappa shape index (κ1) is 25.8. The van der Waals surface area contributed by atoms with Gasteiger partial charge in [0.15, 0.2) is 0 Å². The lowest BCUT2D eigenvalue weighted by Gasteiger charge is -2.18. The number of benzene rings is 4. The van der Waals surface area contributed by atoms with Gasteiger partial charge in [0, 0.05) is 18.2 Å². The van der Waals surface area contributed by atoms with Gasteiger partial charge in [0.25, 0.3) is 0 Å². The van der Waals surface area contributed by atoms with Gasteiger partial charge in [0.1, 0.15) is 18.1 Å². The maximum atomic E-state index is 13.4. The van der Waals surface area contributed by atoms with E-state index in [1.807, 2.05) is 91.9 Å². The lowest BCUT2D eigenvalue weighted by Crippen LogP contribution is -2.20. The van der Waals surface area contributed by atoms with Crippen LogP contribution in [-0.2, 0) is 22.6 Å². The van der Waals surface area contributed by atoms with Crippen LogP contribution in [-0.4, -0.2) is 24.1 Å². The Balaban J connectivity index is 1.55. The van der Waals surface area contributed by atoms with Crippen LogP contribution in [0.5, 0.6) is 11.5 Å². The second-order valence-electron chi connectivity index (χ2n) is 8.99. The van der Waals surface area contributed by atoms with Gasteiger partial charge >= 0.3 is 5.97 Å². The van der Waals surface area contributed by atoms with Gasteiger partial charge in [-0.25, -0.2) is 0 Å². The second kappa shape index (κ2) is 12.1. The summed E-state index contributed by atoms with van der Waals surface area (Å²) in [4.78, 5) is 24.4. The molecular weight excluding hydrogens is 466 g/mol. The predicted molar refractivity (Wildman–Crippen MR) is 145 cm³/mol. The zero-order chi connectivity index (χ0) is 26.2. The van der Waals surface area contributed by atoms with E-state index in [-0.39, 0.29) is 18.2 Å². The van der Waals surface area contributed by atoms with Crippen molar-refractivity contribution in [2.45, 2.75) is 38.7 Å². The summed E-state index contributed by atoms with van der Waals surface area (Å²) in [5.74, 6) is 0.0523. The third-order valence-corrected chi connectivity index (χ3v) is 6.40. The molecule has 0 aliphatic heterocycles. The van der Waals surface area contributed by atoms with Crippen molar-refractivity contribution in [2.24, 2.45) is 0 Å². The highest BCUT2D eigenvalue weighted by atomic mass is 16.5. The van der Waals surface area contributed by atoms with E-state index >= 15 is 0 Å². The van der Waals surface area contributed by atoms with Crippen LogP contribution in [0.2, 0.25) is 0 Å². The van der Waals surface area contributed by atoms with E-state index in [9.17, 15) is 9.59 Å². The number of nitrogens with one attached hydrogen (secondary N) is 1. The number of carbonyl (C=O) groups excluding carboxylic acids is 1. The molecule has 0 aliphatic carbocycles. The normalized spacial score (nSPS) is 11.6. The largest absolute Gasteiger partial charge is 0.497 e. The van der Waals surface area contributed by atoms with Crippen LogP contribution in [0.4, 0.5) is 5.69 Å². The highest BCUT2D eigenvalue weighted by Crippen LogP contribution is 2.28. The summed E-state index contributed by atoms with van der Waals surface area (Å²) in [7, 11) is 1.61. The summed E-state index contributed by atoms with van der Waals surface area (Å²) in [5.41, 5.74) is 3.41. The van der Waals surface area contributed by atoms with Gasteiger partial charge in [-0.05, 0) is 65.4 Å². The monoisotopic (exact) mass is 497 g/mol. The summed E-state index contributed by atoms with van der Waals surface area (Å²) < 4.78 is 11.2. The fraction of sp³-hybridized carbons (Fsp3) is 0.226. The van der Waals surface area contributed by atoms with Crippen molar-refractivity contribution < 1.29 is 24.2 Å². The summed E-state index contributed by atoms with van der Waals surface area (Å²) in [6.45, 7) is 2.21. The molecule has 37 heavy (non-hydrogen) atoms. The molecule has 2 N–H and O–H groups in total. The Hall–Kier alpha value is -4.32. The van der Waals surface area contributed by atoms with Gasteiger partial charge in [-0.3, -0.25) is 9.59 Å². The molecule has 1 amide bonds. The first-order valence-electron chi connectivity index (χ1n) is 12.3.